The normalized spacial score (nSPS) is 19.9. The Hall–Kier alpha value is -1.11. The molecule has 1 unspecified atom stereocenters. The number of hydrogen-bond acceptors (Lipinski definition) is 4. The van der Waals surface area contributed by atoms with Crippen LogP contribution >= 0.6 is 0 Å². The minimum absolute atomic E-state index is 0.182. The molecule has 1 saturated heterocycles. The van der Waals surface area contributed by atoms with E-state index in [4.69, 9.17) is 4.74 Å². The fourth-order valence-electron chi connectivity index (χ4n) is 1.89. The van der Waals surface area contributed by atoms with Crippen LogP contribution in [0.2, 0.25) is 0 Å². The van der Waals surface area contributed by atoms with Crippen molar-refractivity contribution in [2.45, 2.75) is 24.3 Å². The molecule has 0 aromatic heterocycles. The largest absolute Gasteiger partial charge is 0.489 e. The molecule has 18 heavy (non-hydrogen) atoms. The average Bonchev–Trinajstić information content (AvgIpc) is 2.82. The first-order chi connectivity index (χ1) is 8.62. The molecule has 2 rings (SSSR count). The standard InChI is InChI=1S/C12H18N2O3S/c1-2-14-18(15,16)12-5-3-10(4-6-12)17-11-7-8-13-9-11/h3-6,11,13-14H,2,7-9H2,1H3. The second-order valence-corrected chi connectivity index (χ2v) is 5.97. The minimum Gasteiger partial charge on any atom is -0.489 e. The lowest BCUT2D eigenvalue weighted by atomic mass is 10.3. The smallest absolute Gasteiger partial charge is 0.240 e. The van der Waals surface area contributed by atoms with Crippen molar-refractivity contribution in [2.75, 3.05) is 19.6 Å². The van der Waals surface area contributed by atoms with Gasteiger partial charge in [-0.15, -0.1) is 0 Å². The fraction of sp³-hybridized carbons (Fsp3) is 0.500. The van der Waals surface area contributed by atoms with E-state index in [1.165, 1.54) is 0 Å². The van der Waals surface area contributed by atoms with Crippen molar-refractivity contribution < 1.29 is 13.2 Å². The van der Waals surface area contributed by atoms with Gasteiger partial charge in [0.05, 0.1) is 4.90 Å². The lowest BCUT2D eigenvalue weighted by Crippen LogP contribution is -2.23. The first-order valence-electron chi connectivity index (χ1n) is 6.09. The van der Waals surface area contributed by atoms with Gasteiger partial charge in [0, 0.05) is 13.1 Å². The van der Waals surface area contributed by atoms with Crippen molar-refractivity contribution in [3.63, 3.8) is 0 Å². The van der Waals surface area contributed by atoms with Gasteiger partial charge >= 0.3 is 0 Å². The van der Waals surface area contributed by atoms with Crippen LogP contribution in [0.4, 0.5) is 0 Å². The molecule has 0 saturated carbocycles. The molecule has 1 atom stereocenters. The van der Waals surface area contributed by atoms with E-state index < -0.39 is 10.0 Å². The zero-order valence-corrected chi connectivity index (χ0v) is 11.2. The van der Waals surface area contributed by atoms with E-state index in [-0.39, 0.29) is 11.0 Å². The number of rotatable bonds is 5. The first kappa shape index (κ1) is 13.3. The maximum absolute atomic E-state index is 11.7. The maximum Gasteiger partial charge on any atom is 0.240 e. The second-order valence-electron chi connectivity index (χ2n) is 4.21. The molecule has 1 aliphatic rings. The molecule has 1 aliphatic heterocycles. The van der Waals surface area contributed by atoms with Crippen molar-refractivity contribution in [2.24, 2.45) is 0 Å². The Morgan fingerprint density at radius 1 is 1.39 bits per heavy atom. The molecule has 1 aromatic carbocycles. The zero-order chi connectivity index (χ0) is 13.0. The topological polar surface area (TPSA) is 67.4 Å². The van der Waals surface area contributed by atoms with Gasteiger partial charge in [-0.1, -0.05) is 6.92 Å². The van der Waals surface area contributed by atoms with Crippen molar-refractivity contribution in [3.8, 4) is 5.75 Å². The van der Waals surface area contributed by atoms with E-state index >= 15 is 0 Å². The van der Waals surface area contributed by atoms with Crippen LogP contribution in [0, 0.1) is 0 Å². The summed E-state index contributed by atoms with van der Waals surface area (Å²) in [5, 5.41) is 3.21. The Balaban J connectivity index is 2.05. The summed E-state index contributed by atoms with van der Waals surface area (Å²) in [4.78, 5) is 0.265. The third kappa shape index (κ3) is 3.22. The van der Waals surface area contributed by atoms with Gasteiger partial charge < -0.3 is 10.1 Å². The molecule has 1 heterocycles. The van der Waals surface area contributed by atoms with Crippen molar-refractivity contribution in [1.82, 2.24) is 10.0 Å². The van der Waals surface area contributed by atoms with E-state index in [9.17, 15) is 8.42 Å². The summed E-state index contributed by atoms with van der Waals surface area (Å²) in [6, 6.07) is 6.52. The third-order valence-corrected chi connectivity index (χ3v) is 4.35. The Morgan fingerprint density at radius 2 is 2.11 bits per heavy atom. The molecule has 0 radical (unpaired) electrons. The zero-order valence-electron chi connectivity index (χ0n) is 10.3. The Morgan fingerprint density at radius 3 is 2.67 bits per heavy atom. The van der Waals surface area contributed by atoms with Crippen molar-refractivity contribution >= 4 is 10.0 Å². The van der Waals surface area contributed by atoms with Gasteiger partial charge in [-0.3, -0.25) is 0 Å². The number of sulfonamides is 1. The number of ether oxygens (including phenoxy) is 1. The fourth-order valence-corrected chi connectivity index (χ4v) is 2.93. The molecule has 0 bridgehead atoms. The van der Waals surface area contributed by atoms with Crippen molar-refractivity contribution in [1.29, 1.82) is 0 Å². The van der Waals surface area contributed by atoms with Crippen LogP contribution in [-0.4, -0.2) is 34.2 Å². The van der Waals surface area contributed by atoms with Crippen LogP contribution in [0.3, 0.4) is 0 Å². The molecule has 1 aromatic rings. The molecule has 0 amide bonds. The molecule has 5 nitrogen and oxygen atoms in total. The number of nitrogens with one attached hydrogen (secondary N) is 2. The number of benzene rings is 1. The van der Waals surface area contributed by atoms with Crippen LogP contribution in [0.25, 0.3) is 0 Å². The SMILES string of the molecule is CCNS(=O)(=O)c1ccc(OC2CCNC2)cc1. The minimum atomic E-state index is -3.37. The monoisotopic (exact) mass is 270 g/mol. The Kier molecular flexibility index (Phi) is 4.21. The van der Waals surface area contributed by atoms with E-state index in [0.717, 1.165) is 19.5 Å². The molecule has 2 N–H and O–H groups in total. The van der Waals surface area contributed by atoms with Gasteiger partial charge in [-0.2, -0.15) is 0 Å². The highest BCUT2D eigenvalue weighted by Gasteiger charge is 2.17. The van der Waals surface area contributed by atoms with Crippen LogP contribution in [0.15, 0.2) is 29.2 Å². The summed E-state index contributed by atoms with van der Waals surface area (Å²) in [6.45, 7) is 3.95. The molecule has 100 valence electrons. The van der Waals surface area contributed by atoms with Gasteiger partial charge in [0.2, 0.25) is 10.0 Å². The van der Waals surface area contributed by atoms with Gasteiger partial charge in [-0.05, 0) is 37.2 Å². The predicted octanol–water partition coefficient (Wildman–Crippen LogP) is 0.725. The van der Waals surface area contributed by atoms with Crippen LogP contribution in [0.5, 0.6) is 5.75 Å². The molecule has 6 heteroatoms. The summed E-state index contributed by atoms with van der Waals surface area (Å²) in [5.41, 5.74) is 0. The second kappa shape index (κ2) is 5.69. The molecular weight excluding hydrogens is 252 g/mol. The van der Waals surface area contributed by atoms with Gasteiger partial charge in [-0.25, -0.2) is 13.1 Å². The van der Waals surface area contributed by atoms with Crippen LogP contribution in [0.1, 0.15) is 13.3 Å². The summed E-state index contributed by atoms with van der Waals surface area (Å²) in [5.74, 6) is 0.708. The maximum atomic E-state index is 11.7. The van der Waals surface area contributed by atoms with E-state index in [1.807, 2.05) is 0 Å². The summed E-state index contributed by atoms with van der Waals surface area (Å²) in [6.07, 6.45) is 1.17. The quantitative estimate of drug-likeness (QED) is 0.827. The molecule has 0 spiro atoms. The van der Waals surface area contributed by atoms with Gasteiger partial charge in [0.1, 0.15) is 11.9 Å². The van der Waals surface area contributed by atoms with E-state index in [1.54, 1.807) is 31.2 Å². The number of hydrogen-bond donors (Lipinski definition) is 2. The summed E-state index contributed by atoms with van der Waals surface area (Å²) in [7, 11) is -3.37. The molecular formula is C12H18N2O3S. The van der Waals surface area contributed by atoms with E-state index in [0.29, 0.717) is 12.3 Å². The first-order valence-corrected chi connectivity index (χ1v) is 7.57. The third-order valence-electron chi connectivity index (χ3n) is 2.79. The van der Waals surface area contributed by atoms with Gasteiger partial charge in [0.25, 0.3) is 0 Å². The molecule has 0 aliphatic carbocycles. The highest BCUT2D eigenvalue weighted by molar-refractivity contribution is 7.89. The highest BCUT2D eigenvalue weighted by atomic mass is 32.2. The lowest BCUT2D eigenvalue weighted by Gasteiger charge is -2.12. The molecule has 1 fully saturated rings. The summed E-state index contributed by atoms with van der Waals surface area (Å²) < 4.78 is 31.6. The van der Waals surface area contributed by atoms with E-state index in [2.05, 4.69) is 10.0 Å². The van der Waals surface area contributed by atoms with Crippen LogP contribution in [-0.2, 0) is 10.0 Å². The average molecular weight is 270 g/mol. The van der Waals surface area contributed by atoms with Crippen LogP contribution < -0.4 is 14.8 Å². The Labute approximate surface area is 108 Å². The summed E-state index contributed by atoms with van der Waals surface area (Å²) >= 11 is 0. The predicted molar refractivity (Wildman–Crippen MR) is 69.2 cm³/mol. The lowest BCUT2D eigenvalue weighted by molar-refractivity contribution is 0.223. The van der Waals surface area contributed by atoms with Crippen molar-refractivity contribution in [3.05, 3.63) is 24.3 Å². The highest BCUT2D eigenvalue weighted by Crippen LogP contribution is 2.18. The Bertz CT molecular complexity index is 479. The van der Waals surface area contributed by atoms with Gasteiger partial charge in [0.15, 0.2) is 0 Å².